The lowest BCUT2D eigenvalue weighted by atomic mass is 9.97. The predicted molar refractivity (Wildman–Crippen MR) is 76.8 cm³/mol. The summed E-state index contributed by atoms with van der Waals surface area (Å²) in [5.74, 6) is 1.78. The first kappa shape index (κ1) is 14.9. The molecule has 1 aliphatic heterocycles. The Hall–Kier alpha value is -2.05. The van der Waals surface area contributed by atoms with Crippen molar-refractivity contribution in [2.24, 2.45) is 0 Å². The number of hydrogen-bond donors (Lipinski definition) is 1. The number of imidazole rings is 1. The molecule has 4 nitrogen and oxygen atoms in total. The van der Waals surface area contributed by atoms with E-state index in [4.69, 9.17) is 0 Å². The van der Waals surface area contributed by atoms with Crippen molar-refractivity contribution in [2.45, 2.75) is 31.9 Å². The number of nitrogens with zero attached hydrogens (tertiary/aromatic N) is 3. The first-order valence-corrected chi connectivity index (χ1v) is 7.23. The van der Waals surface area contributed by atoms with Crippen molar-refractivity contribution in [3.8, 4) is 0 Å². The molecule has 0 saturated carbocycles. The van der Waals surface area contributed by atoms with E-state index in [0.717, 1.165) is 43.2 Å². The molecule has 3 rings (SSSR count). The molecule has 1 fully saturated rings. The third-order valence-corrected chi connectivity index (χ3v) is 3.93. The minimum Gasteiger partial charge on any atom is -0.356 e. The Bertz CT molecular complexity index is 633. The van der Waals surface area contributed by atoms with Crippen LogP contribution in [0.15, 0.2) is 24.5 Å². The van der Waals surface area contributed by atoms with Crippen molar-refractivity contribution in [1.82, 2.24) is 15.0 Å². The second kappa shape index (κ2) is 5.62. The van der Waals surface area contributed by atoms with Gasteiger partial charge in [0.25, 0.3) is 0 Å². The Kier molecular flexibility index (Phi) is 3.80. The maximum atomic E-state index is 12.6. The summed E-state index contributed by atoms with van der Waals surface area (Å²) in [6, 6.07) is 2.53. The van der Waals surface area contributed by atoms with Gasteiger partial charge in [-0.1, -0.05) is 0 Å². The Balaban J connectivity index is 1.74. The van der Waals surface area contributed by atoms with Gasteiger partial charge < -0.3 is 9.88 Å². The monoisotopic (exact) mass is 310 g/mol. The fourth-order valence-corrected chi connectivity index (χ4v) is 2.79. The molecule has 7 heteroatoms. The Labute approximate surface area is 126 Å². The van der Waals surface area contributed by atoms with E-state index in [-0.39, 0.29) is 5.92 Å². The summed E-state index contributed by atoms with van der Waals surface area (Å²) >= 11 is 0. The summed E-state index contributed by atoms with van der Waals surface area (Å²) in [5, 5.41) is 0. The molecule has 2 aromatic heterocycles. The summed E-state index contributed by atoms with van der Waals surface area (Å²) in [7, 11) is 0. The Morgan fingerprint density at radius 3 is 2.64 bits per heavy atom. The van der Waals surface area contributed by atoms with Crippen LogP contribution in [0.5, 0.6) is 0 Å². The Morgan fingerprint density at radius 1 is 1.23 bits per heavy atom. The summed E-state index contributed by atoms with van der Waals surface area (Å²) in [6.45, 7) is 3.47. The number of halogens is 3. The standard InChI is InChI=1S/C15H17F3N4/c1-10-7-20-14(21-10)11-3-2-6-22(9-11)13-5-4-12(8-19-13)15(16,17)18/h4-5,7-8,11H,2-3,6,9H2,1H3,(H,20,21)/t11-/m0/s1. The second-order valence-corrected chi connectivity index (χ2v) is 5.64. The molecule has 3 heterocycles. The lowest BCUT2D eigenvalue weighted by Gasteiger charge is -2.32. The highest BCUT2D eigenvalue weighted by Gasteiger charge is 2.31. The van der Waals surface area contributed by atoms with Crippen molar-refractivity contribution in [1.29, 1.82) is 0 Å². The van der Waals surface area contributed by atoms with Crippen LogP contribution < -0.4 is 4.90 Å². The summed E-state index contributed by atoms with van der Waals surface area (Å²) in [6.07, 6.45) is 0.333. The van der Waals surface area contributed by atoms with Crippen LogP contribution in [0.4, 0.5) is 19.0 Å². The van der Waals surface area contributed by atoms with E-state index in [1.54, 1.807) is 6.20 Å². The lowest BCUT2D eigenvalue weighted by molar-refractivity contribution is -0.137. The van der Waals surface area contributed by atoms with Gasteiger partial charge in [-0.25, -0.2) is 9.97 Å². The van der Waals surface area contributed by atoms with E-state index >= 15 is 0 Å². The van der Waals surface area contributed by atoms with Gasteiger partial charge in [-0.15, -0.1) is 0 Å². The van der Waals surface area contributed by atoms with E-state index < -0.39 is 11.7 Å². The van der Waals surface area contributed by atoms with Gasteiger partial charge in [-0.05, 0) is 31.9 Å². The number of aromatic nitrogens is 3. The zero-order chi connectivity index (χ0) is 15.7. The smallest absolute Gasteiger partial charge is 0.356 e. The molecule has 2 aromatic rings. The van der Waals surface area contributed by atoms with Gasteiger partial charge in [0.15, 0.2) is 0 Å². The van der Waals surface area contributed by atoms with Crippen LogP contribution in [0.1, 0.15) is 35.8 Å². The van der Waals surface area contributed by atoms with E-state index in [9.17, 15) is 13.2 Å². The van der Waals surface area contributed by atoms with Crippen LogP contribution in [0.25, 0.3) is 0 Å². The molecule has 0 amide bonds. The summed E-state index contributed by atoms with van der Waals surface area (Å²) in [4.78, 5) is 13.6. The fourth-order valence-electron chi connectivity index (χ4n) is 2.79. The maximum absolute atomic E-state index is 12.6. The van der Waals surface area contributed by atoms with Gasteiger partial charge in [0.05, 0.1) is 5.56 Å². The molecular formula is C15H17F3N4. The number of anilines is 1. The molecule has 1 N–H and O–H groups in total. The van der Waals surface area contributed by atoms with Crippen molar-refractivity contribution in [2.75, 3.05) is 18.0 Å². The third-order valence-electron chi connectivity index (χ3n) is 3.93. The van der Waals surface area contributed by atoms with E-state index in [1.165, 1.54) is 6.07 Å². The average Bonchev–Trinajstić information content (AvgIpc) is 2.93. The highest BCUT2D eigenvalue weighted by Crippen LogP contribution is 2.31. The molecule has 0 bridgehead atoms. The topological polar surface area (TPSA) is 44.8 Å². The zero-order valence-corrected chi connectivity index (χ0v) is 12.2. The molecule has 0 spiro atoms. The maximum Gasteiger partial charge on any atom is 0.417 e. The number of nitrogens with one attached hydrogen (secondary N) is 1. The molecule has 1 aliphatic rings. The first-order chi connectivity index (χ1) is 10.4. The van der Waals surface area contributed by atoms with Crippen molar-refractivity contribution < 1.29 is 13.2 Å². The van der Waals surface area contributed by atoms with Crippen molar-refractivity contribution in [3.63, 3.8) is 0 Å². The molecule has 0 radical (unpaired) electrons. The van der Waals surface area contributed by atoms with Crippen LogP contribution >= 0.6 is 0 Å². The number of rotatable bonds is 2. The number of aryl methyl sites for hydroxylation is 1. The van der Waals surface area contributed by atoms with Crippen molar-refractivity contribution >= 4 is 5.82 Å². The van der Waals surface area contributed by atoms with Gasteiger partial charge in [0, 0.05) is 37.1 Å². The largest absolute Gasteiger partial charge is 0.417 e. The van der Waals surface area contributed by atoms with E-state index in [0.29, 0.717) is 12.4 Å². The van der Waals surface area contributed by atoms with Gasteiger partial charge in [-0.3, -0.25) is 0 Å². The molecule has 0 unspecified atom stereocenters. The normalized spacial score (nSPS) is 19.5. The van der Waals surface area contributed by atoms with E-state index in [1.807, 2.05) is 11.8 Å². The van der Waals surface area contributed by atoms with Crippen LogP contribution in [0.2, 0.25) is 0 Å². The fraction of sp³-hybridized carbons (Fsp3) is 0.467. The Morgan fingerprint density at radius 2 is 2.05 bits per heavy atom. The molecule has 22 heavy (non-hydrogen) atoms. The number of alkyl halides is 3. The second-order valence-electron chi connectivity index (χ2n) is 5.64. The number of H-pyrrole nitrogens is 1. The van der Waals surface area contributed by atoms with E-state index in [2.05, 4.69) is 15.0 Å². The zero-order valence-electron chi connectivity index (χ0n) is 12.2. The molecule has 1 atom stereocenters. The molecular weight excluding hydrogens is 293 g/mol. The van der Waals surface area contributed by atoms with Crippen molar-refractivity contribution in [3.05, 3.63) is 41.6 Å². The van der Waals surface area contributed by atoms with Crippen LogP contribution in [0.3, 0.4) is 0 Å². The molecule has 1 saturated heterocycles. The minimum absolute atomic E-state index is 0.256. The van der Waals surface area contributed by atoms with Gasteiger partial charge >= 0.3 is 6.18 Å². The molecule has 0 aromatic carbocycles. The minimum atomic E-state index is -4.35. The van der Waals surface area contributed by atoms with Crippen LogP contribution in [-0.4, -0.2) is 28.0 Å². The highest BCUT2D eigenvalue weighted by molar-refractivity contribution is 5.41. The first-order valence-electron chi connectivity index (χ1n) is 7.23. The average molecular weight is 310 g/mol. The molecule has 0 aliphatic carbocycles. The van der Waals surface area contributed by atoms with Gasteiger partial charge in [-0.2, -0.15) is 13.2 Å². The molecule has 118 valence electrons. The lowest BCUT2D eigenvalue weighted by Crippen LogP contribution is -2.35. The highest BCUT2D eigenvalue weighted by atomic mass is 19.4. The van der Waals surface area contributed by atoms with Crippen LogP contribution in [0, 0.1) is 6.92 Å². The van der Waals surface area contributed by atoms with Gasteiger partial charge in [0.2, 0.25) is 0 Å². The predicted octanol–water partition coefficient (Wildman–Crippen LogP) is 3.52. The van der Waals surface area contributed by atoms with Gasteiger partial charge in [0.1, 0.15) is 11.6 Å². The summed E-state index contributed by atoms with van der Waals surface area (Å²) < 4.78 is 37.7. The van der Waals surface area contributed by atoms with Crippen LogP contribution in [-0.2, 0) is 6.18 Å². The number of aromatic amines is 1. The third kappa shape index (κ3) is 3.08. The number of piperidine rings is 1. The number of hydrogen-bond acceptors (Lipinski definition) is 3. The summed E-state index contributed by atoms with van der Waals surface area (Å²) in [5.41, 5.74) is 0.297. The number of pyridine rings is 1. The quantitative estimate of drug-likeness (QED) is 0.923. The SMILES string of the molecule is Cc1cnc([C@H]2CCCN(c3ccc(C(F)(F)F)cn3)C2)[nH]1.